The van der Waals surface area contributed by atoms with Crippen molar-refractivity contribution >= 4 is 29.4 Å². The summed E-state index contributed by atoms with van der Waals surface area (Å²) in [6, 6.07) is 0. The maximum absolute atomic E-state index is 11.1. The van der Waals surface area contributed by atoms with Crippen LogP contribution in [-0.4, -0.2) is 29.4 Å². The van der Waals surface area contributed by atoms with Gasteiger partial charge in [-0.3, -0.25) is 4.79 Å². The Kier molecular flexibility index (Phi) is 6.92. The van der Waals surface area contributed by atoms with Gasteiger partial charge in [-0.1, -0.05) is 0 Å². The smallest absolute Gasteiger partial charge is 0.300 e. The first-order chi connectivity index (χ1) is 8.36. The van der Waals surface area contributed by atoms with E-state index in [4.69, 9.17) is 0 Å². The zero-order chi connectivity index (χ0) is 14.1. The Morgan fingerprint density at radius 3 is 2.00 bits per heavy atom. The van der Waals surface area contributed by atoms with E-state index in [0.29, 0.717) is 0 Å². The molecule has 0 rings (SSSR count). The van der Waals surface area contributed by atoms with Crippen molar-refractivity contribution in [3.8, 4) is 0 Å². The second-order valence-corrected chi connectivity index (χ2v) is 3.49. The lowest BCUT2D eigenvalue weighted by atomic mass is 10.2. The summed E-state index contributed by atoms with van der Waals surface area (Å²) in [7, 11) is 0. The molecule has 0 atom stereocenters. The molecule has 18 heavy (non-hydrogen) atoms. The van der Waals surface area contributed by atoms with Crippen LogP contribution in [0.1, 0.15) is 33.1 Å². The third-order valence-electron chi connectivity index (χ3n) is 1.69. The van der Waals surface area contributed by atoms with Crippen molar-refractivity contribution < 1.29 is 33.7 Å². The Hall–Kier alpha value is -2.27. The molecule has 0 aliphatic rings. The van der Waals surface area contributed by atoms with Gasteiger partial charge in [-0.05, 0) is 13.8 Å². The Bertz CT molecular complexity index is 415. The van der Waals surface area contributed by atoms with Gasteiger partial charge in [0, 0.05) is 12.8 Å². The minimum atomic E-state index is -1.25. The minimum Gasteiger partial charge on any atom is -0.300 e. The van der Waals surface area contributed by atoms with E-state index >= 15 is 0 Å². The molecule has 0 N–H and O–H groups in total. The van der Waals surface area contributed by atoms with Crippen molar-refractivity contribution in [2.45, 2.75) is 33.1 Å². The van der Waals surface area contributed by atoms with Crippen molar-refractivity contribution in [2.75, 3.05) is 0 Å². The minimum absolute atomic E-state index is 0.0415. The van der Waals surface area contributed by atoms with Gasteiger partial charge >= 0.3 is 11.9 Å². The fourth-order valence-electron chi connectivity index (χ4n) is 0.853. The molecule has 7 nitrogen and oxygen atoms in total. The van der Waals surface area contributed by atoms with Crippen molar-refractivity contribution in [1.29, 1.82) is 0 Å². The number of hydrogen-bond acceptors (Lipinski definition) is 7. The summed E-state index contributed by atoms with van der Waals surface area (Å²) in [5, 5.41) is 0. The van der Waals surface area contributed by atoms with Gasteiger partial charge in [0.05, 0.1) is 6.42 Å². The number of hydrogen-bond donors (Lipinski definition) is 0. The lowest BCUT2D eigenvalue weighted by Crippen LogP contribution is -2.15. The van der Waals surface area contributed by atoms with Crippen LogP contribution in [0, 0.1) is 0 Å². The second-order valence-electron chi connectivity index (χ2n) is 3.49. The fourth-order valence-corrected chi connectivity index (χ4v) is 0.853. The molecule has 7 heteroatoms. The first-order valence-corrected chi connectivity index (χ1v) is 5.01. The number of Topliss-reactive ketones (excluding diaryl/α,β-unsaturated/α-hetero) is 2. The normalized spacial score (nSPS) is 9.00. The first kappa shape index (κ1) is 15.7. The van der Waals surface area contributed by atoms with Gasteiger partial charge in [0.15, 0.2) is 0 Å². The number of carbonyl (C=O) groups excluding carboxylic acids is 5. The maximum atomic E-state index is 11.1. The Morgan fingerprint density at radius 2 is 1.56 bits per heavy atom. The summed E-state index contributed by atoms with van der Waals surface area (Å²) in [6.07, 6.45) is -0.733. The van der Waals surface area contributed by atoms with Crippen molar-refractivity contribution in [3.63, 3.8) is 0 Å². The molecular formula is C11H12O7. The number of rotatable bonds is 6. The molecule has 0 aliphatic carbocycles. The van der Waals surface area contributed by atoms with Crippen LogP contribution in [0.2, 0.25) is 0 Å². The standard InChI is InChI=1S/C11H12O7/c1-7(13)3-4-10(15)17-18-11(16)9(6-12)5-8(2)14/h3-5H2,1-2H3. The first-order valence-electron chi connectivity index (χ1n) is 5.01. The predicted octanol–water partition coefficient (Wildman–Crippen LogP) is 0.0941. The van der Waals surface area contributed by atoms with Gasteiger partial charge in [-0.2, -0.15) is 0 Å². The van der Waals surface area contributed by atoms with E-state index in [9.17, 15) is 24.0 Å². The van der Waals surface area contributed by atoms with Crippen molar-refractivity contribution in [2.24, 2.45) is 0 Å². The van der Waals surface area contributed by atoms with E-state index < -0.39 is 29.7 Å². The van der Waals surface area contributed by atoms with Gasteiger partial charge in [-0.25, -0.2) is 24.2 Å². The van der Waals surface area contributed by atoms with E-state index in [2.05, 4.69) is 9.78 Å². The van der Waals surface area contributed by atoms with Crippen LogP contribution in [0.15, 0.2) is 5.57 Å². The summed E-state index contributed by atoms with van der Waals surface area (Å²) < 4.78 is 0. The van der Waals surface area contributed by atoms with Crippen molar-refractivity contribution in [3.05, 3.63) is 5.57 Å². The zero-order valence-corrected chi connectivity index (χ0v) is 9.98. The van der Waals surface area contributed by atoms with E-state index in [1.807, 2.05) is 0 Å². The molecule has 0 unspecified atom stereocenters. The average Bonchev–Trinajstić information content (AvgIpc) is 2.29. The highest BCUT2D eigenvalue weighted by molar-refractivity contribution is 6.01. The van der Waals surface area contributed by atoms with Crippen LogP contribution in [0.3, 0.4) is 0 Å². The third-order valence-corrected chi connectivity index (χ3v) is 1.69. The quantitative estimate of drug-likeness (QED) is 0.287. The molecule has 0 aromatic carbocycles. The summed E-state index contributed by atoms with van der Waals surface area (Å²) in [5.41, 5.74) is -0.568. The highest BCUT2D eigenvalue weighted by Crippen LogP contribution is 2.03. The van der Waals surface area contributed by atoms with Gasteiger partial charge < -0.3 is 4.79 Å². The zero-order valence-electron chi connectivity index (χ0n) is 9.98. The van der Waals surface area contributed by atoms with Crippen LogP contribution in [0.5, 0.6) is 0 Å². The number of ketones is 2. The average molecular weight is 256 g/mol. The van der Waals surface area contributed by atoms with Gasteiger partial charge in [0.2, 0.25) is 0 Å². The highest BCUT2D eigenvalue weighted by Gasteiger charge is 2.18. The molecule has 0 fully saturated rings. The Labute approximate surface area is 103 Å². The van der Waals surface area contributed by atoms with Gasteiger partial charge in [-0.15, -0.1) is 0 Å². The molecule has 0 heterocycles. The SMILES string of the molecule is CC(=O)CCC(=O)OOC(=O)C(=C=O)CC(C)=O. The van der Waals surface area contributed by atoms with Crippen LogP contribution in [0.4, 0.5) is 0 Å². The van der Waals surface area contributed by atoms with Crippen molar-refractivity contribution in [1.82, 2.24) is 0 Å². The van der Waals surface area contributed by atoms with E-state index in [1.165, 1.54) is 19.8 Å². The summed E-state index contributed by atoms with van der Waals surface area (Å²) in [4.78, 5) is 61.8. The molecule has 0 bridgehead atoms. The van der Waals surface area contributed by atoms with Crippen LogP contribution < -0.4 is 0 Å². The fraction of sp³-hybridized carbons (Fsp3) is 0.455. The number of carbonyl (C=O) groups is 4. The highest BCUT2D eigenvalue weighted by atomic mass is 17.2. The monoisotopic (exact) mass is 256 g/mol. The van der Waals surface area contributed by atoms with E-state index in [1.54, 1.807) is 0 Å². The summed E-state index contributed by atoms with van der Waals surface area (Å²) in [5.74, 6) is -1.60. The third kappa shape index (κ3) is 7.08. The summed E-state index contributed by atoms with van der Waals surface area (Å²) in [6.45, 7) is 2.46. The predicted molar refractivity (Wildman–Crippen MR) is 56.6 cm³/mol. The molecule has 0 saturated carbocycles. The molecular weight excluding hydrogens is 244 g/mol. The summed E-state index contributed by atoms with van der Waals surface area (Å²) >= 11 is 0. The largest absolute Gasteiger partial charge is 0.393 e. The molecule has 0 radical (unpaired) electrons. The molecule has 0 amide bonds. The second kappa shape index (κ2) is 7.92. The van der Waals surface area contributed by atoms with E-state index in [0.717, 1.165) is 0 Å². The van der Waals surface area contributed by atoms with Gasteiger partial charge in [0.25, 0.3) is 0 Å². The lowest BCUT2D eigenvalue weighted by Gasteiger charge is -2.02. The Morgan fingerprint density at radius 1 is 0.944 bits per heavy atom. The lowest BCUT2D eigenvalue weighted by molar-refractivity contribution is -0.255. The molecule has 0 aromatic rings. The van der Waals surface area contributed by atoms with E-state index in [-0.39, 0.29) is 18.6 Å². The molecule has 0 spiro atoms. The Balaban J connectivity index is 4.16. The molecule has 0 saturated heterocycles. The molecule has 98 valence electrons. The topological polar surface area (TPSA) is 104 Å². The molecule has 0 aliphatic heterocycles. The molecule has 0 aromatic heterocycles. The van der Waals surface area contributed by atoms with Crippen LogP contribution in [-0.2, 0) is 33.7 Å². The van der Waals surface area contributed by atoms with Gasteiger partial charge in [0.1, 0.15) is 23.1 Å². The van der Waals surface area contributed by atoms with Crippen LogP contribution >= 0.6 is 0 Å². The maximum Gasteiger partial charge on any atom is 0.393 e. The van der Waals surface area contributed by atoms with Crippen LogP contribution in [0.25, 0.3) is 0 Å².